The molecule has 2 N–H and O–H groups in total. The van der Waals surface area contributed by atoms with Gasteiger partial charge < -0.3 is 15.2 Å². The Labute approximate surface area is 167 Å². The lowest BCUT2D eigenvalue weighted by atomic mass is 10.0. The lowest BCUT2D eigenvalue weighted by Crippen LogP contribution is -2.13. The second kappa shape index (κ2) is 9.71. The molecule has 148 valence electrons. The molecule has 0 aliphatic rings. The number of phenolic OH excluding ortho intramolecular Hbond substituents is 1. The Balaban J connectivity index is 2.36. The van der Waals surface area contributed by atoms with Crippen LogP contribution in [0.15, 0.2) is 54.6 Å². The van der Waals surface area contributed by atoms with Crippen molar-refractivity contribution in [1.82, 2.24) is 0 Å². The van der Waals surface area contributed by atoms with Crippen LogP contribution in [0, 0.1) is 21.4 Å². The van der Waals surface area contributed by atoms with Crippen molar-refractivity contribution in [2.45, 2.75) is 13.3 Å². The first-order chi connectivity index (χ1) is 13.9. The van der Waals surface area contributed by atoms with Gasteiger partial charge in [0, 0.05) is 23.4 Å². The van der Waals surface area contributed by atoms with Crippen LogP contribution in [-0.2, 0) is 11.2 Å². The van der Waals surface area contributed by atoms with Crippen molar-refractivity contribution in [2.24, 2.45) is 0 Å². The van der Waals surface area contributed by atoms with E-state index in [1.54, 1.807) is 19.1 Å². The van der Waals surface area contributed by atoms with Crippen LogP contribution in [0.3, 0.4) is 0 Å². The zero-order valence-electron chi connectivity index (χ0n) is 15.7. The van der Waals surface area contributed by atoms with E-state index in [0.29, 0.717) is 24.2 Å². The number of aromatic hydroxyl groups is 1. The van der Waals surface area contributed by atoms with Crippen LogP contribution >= 0.6 is 0 Å². The van der Waals surface area contributed by atoms with Gasteiger partial charge in [-0.25, -0.2) is 0 Å². The number of carbonyl (C=O) groups excluding carboxylic acids is 1. The number of nitro benzene ring substituents is 1. The quantitative estimate of drug-likeness (QED) is 0.230. The number of rotatable bonds is 8. The van der Waals surface area contributed by atoms with Gasteiger partial charge in [0.15, 0.2) is 11.5 Å². The third-order valence-electron chi connectivity index (χ3n) is 3.83. The Morgan fingerprint density at radius 3 is 2.79 bits per heavy atom. The van der Waals surface area contributed by atoms with Gasteiger partial charge in [0.1, 0.15) is 11.6 Å². The van der Waals surface area contributed by atoms with Crippen LogP contribution in [-0.4, -0.2) is 22.5 Å². The molecule has 0 fully saturated rings. The van der Waals surface area contributed by atoms with Crippen LogP contribution < -0.4 is 10.1 Å². The van der Waals surface area contributed by atoms with Crippen molar-refractivity contribution in [3.63, 3.8) is 0 Å². The average Bonchev–Trinajstić information content (AvgIpc) is 2.69. The fourth-order valence-electron chi connectivity index (χ4n) is 2.56. The lowest BCUT2D eigenvalue weighted by Gasteiger charge is -2.11. The molecule has 2 aromatic rings. The zero-order chi connectivity index (χ0) is 21.4. The molecule has 0 saturated carbocycles. The monoisotopic (exact) mass is 393 g/mol. The molecule has 1 amide bonds. The number of non-ortho nitro benzene ring substituents is 1. The average molecular weight is 393 g/mol. The number of benzene rings is 2. The highest BCUT2D eigenvalue weighted by atomic mass is 16.6. The van der Waals surface area contributed by atoms with Crippen molar-refractivity contribution < 1.29 is 19.6 Å². The SMILES string of the molecule is C=CCc1cc(/C=C(\C#N)C(=O)Nc2cccc([N+](=O)[O-])c2)cc(OCC)c1O. The molecule has 2 aromatic carbocycles. The Bertz CT molecular complexity index is 1020. The first kappa shape index (κ1) is 21.2. The van der Waals surface area contributed by atoms with E-state index in [-0.39, 0.29) is 28.4 Å². The Morgan fingerprint density at radius 1 is 1.41 bits per heavy atom. The number of nitrogens with zero attached hydrogens (tertiary/aromatic N) is 2. The predicted octanol–water partition coefficient (Wildman–Crippen LogP) is 3.97. The van der Waals surface area contributed by atoms with E-state index >= 15 is 0 Å². The highest BCUT2D eigenvalue weighted by Crippen LogP contribution is 2.33. The van der Waals surface area contributed by atoms with E-state index in [9.17, 15) is 25.3 Å². The number of nitro groups is 1. The molecule has 0 unspecified atom stereocenters. The molecule has 8 nitrogen and oxygen atoms in total. The van der Waals surface area contributed by atoms with Crippen LogP contribution in [0.4, 0.5) is 11.4 Å². The van der Waals surface area contributed by atoms with Crippen molar-refractivity contribution in [3.8, 4) is 17.6 Å². The standard InChI is InChI=1S/C21H19N3O5/c1-3-6-15-9-14(11-19(20(15)25)29-4-2)10-16(13-22)21(26)23-17-7-5-8-18(12-17)24(27)28/h3,5,7-12,25H,1,4,6H2,2H3,(H,23,26)/b16-10+. The first-order valence-electron chi connectivity index (χ1n) is 8.66. The molecule has 2 rings (SSSR count). The van der Waals surface area contributed by atoms with Crippen LogP contribution in [0.25, 0.3) is 6.08 Å². The normalized spacial score (nSPS) is 10.7. The van der Waals surface area contributed by atoms with E-state index in [0.717, 1.165) is 0 Å². The Hall–Kier alpha value is -4.12. The minimum Gasteiger partial charge on any atom is -0.504 e. The molecule has 0 heterocycles. The van der Waals surface area contributed by atoms with E-state index in [1.807, 2.05) is 6.07 Å². The van der Waals surface area contributed by atoms with Crippen molar-refractivity contribution in [2.75, 3.05) is 11.9 Å². The number of nitriles is 1. The van der Waals surface area contributed by atoms with Crippen molar-refractivity contribution in [1.29, 1.82) is 5.26 Å². The van der Waals surface area contributed by atoms with E-state index in [4.69, 9.17) is 4.74 Å². The van der Waals surface area contributed by atoms with Gasteiger partial charge in [0.05, 0.1) is 11.5 Å². The fourth-order valence-corrected chi connectivity index (χ4v) is 2.56. The van der Waals surface area contributed by atoms with E-state index in [1.165, 1.54) is 36.4 Å². The summed E-state index contributed by atoms with van der Waals surface area (Å²) >= 11 is 0. The van der Waals surface area contributed by atoms with Gasteiger partial charge in [-0.05, 0) is 43.2 Å². The number of phenols is 1. The number of hydrogen-bond donors (Lipinski definition) is 2. The molecular weight excluding hydrogens is 374 g/mol. The maximum Gasteiger partial charge on any atom is 0.271 e. The first-order valence-corrected chi connectivity index (χ1v) is 8.66. The number of amides is 1. The summed E-state index contributed by atoms with van der Waals surface area (Å²) in [5, 5.41) is 33.0. The molecule has 0 saturated heterocycles. The Kier molecular flexibility index (Phi) is 7.09. The maximum absolute atomic E-state index is 12.4. The molecular formula is C21H19N3O5. The second-order valence-electron chi connectivity index (χ2n) is 5.88. The number of hydrogen-bond acceptors (Lipinski definition) is 6. The second-order valence-corrected chi connectivity index (χ2v) is 5.88. The third kappa shape index (κ3) is 5.43. The zero-order valence-corrected chi connectivity index (χ0v) is 15.7. The van der Waals surface area contributed by atoms with E-state index in [2.05, 4.69) is 11.9 Å². The molecule has 0 bridgehead atoms. The topological polar surface area (TPSA) is 125 Å². The van der Waals surface area contributed by atoms with Gasteiger partial charge in [-0.15, -0.1) is 6.58 Å². The summed E-state index contributed by atoms with van der Waals surface area (Å²) in [7, 11) is 0. The van der Waals surface area contributed by atoms with Gasteiger partial charge in [0.2, 0.25) is 0 Å². The largest absolute Gasteiger partial charge is 0.504 e. The van der Waals surface area contributed by atoms with Gasteiger partial charge in [-0.1, -0.05) is 12.1 Å². The molecule has 0 atom stereocenters. The summed E-state index contributed by atoms with van der Waals surface area (Å²) in [4.78, 5) is 22.7. The molecule has 0 radical (unpaired) electrons. The van der Waals surface area contributed by atoms with Gasteiger partial charge in [0.25, 0.3) is 11.6 Å². The number of ether oxygens (including phenoxy) is 1. The minimum atomic E-state index is -0.718. The number of carbonyl (C=O) groups is 1. The van der Waals surface area contributed by atoms with Gasteiger partial charge in [-0.3, -0.25) is 14.9 Å². The van der Waals surface area contributed by atoms with E-state index < -0.39 is 10.8 Å². The minimum absolute atomic E-state index is 0.0246. The summed E-state index contributed by atoms with van der Waals surface area (Å²) in [6.07, 6.45) is 3.33. The summed E-state index contributed by atoms with van der Waals surface area (Å²) in [6, 6.07) is 10.4. The molecule has 29 heavy (non-hydrogen) atoms. The number of allylic oxidation sites excluding steroid dienone is 1. The maximum atomic E-state index is 12.4. The third-order valence-corrected chi connectivity index (χ3v) is 3.83. The summed E-state index contributed by atoms with van der Waals surface area (Å²) < 4.78 is 5.41. The molecule has 0 spiro atoms. The Morgan fingerprint density at radius 2 is 2.17 bits per heavy atom. The van der Waals surface area contributed by atoms with Crippen LogP contribution in [0.1, 0.15) is 18.1 Å². The molecule has 0 aliphatic heterocycles. The van der Waals surface area contributed by atoms with Crippen molar-refractivity contribution in [3.05, 3.63) is 75.9 Å². The van der Waals surface area contributed by atoms with Gasteiger partial charge >= 0.3 is 0 Å². The molecule has 0 aromatic heterocycles. The predicted molar refractivity (Wildman–Crippen MR) is 108 cm³/mol. The highest BCUT2D eigenvalue weighted by Gasteiger charge is 2.14. The summed E-state index contributed by atoms with van der Waals surface area (Å²) in [6.45, 7) is 5.73. The molecule has 0 aliphatic carbocycles. The summed E-state index contributed by atoms with van der Waals surface area (Å²) in [5.41, 5.74) is 0.814. The lowest BCUT2D eigenvalue weighted by molar-refractivity contribution is -0.384. The smallest absolute Gasteiger partial charge is 0.271 e. The fraction of sp³-hybridized carbons (Fsp3) is 0.143. The molecule has 8 heteroatoms. The van der Waals surface area contributed by atoms with Crippen molar-refractivity contribution >= 4 is 23.4 Å². The summed E-state index contributed by atoms with van der Waals surface area (Å²) in [5.74, 6) is -0.512. The van der Waals surface area contributed by atoms with Crippen LogP contribution in [0.2, 0.25) is 0 Å². The number of anilines is 1. The van der Waals surface area contributed by atoms with Crippen LogP contribution in [0.5, 0.6) is 11.5 Å². The highest BCUT2D eigenvalue weighted by molar-refractivity contribution is 6.09. The number of nitrogens with one attached hydrogen (secondary N) is 1. The van der Waals surface area contributed by atoms with Gasteiger partial charge in [-0.2, -0.15) is 5.26 Å².